The van der Waals surface area contributed by atoms with E-state index in [1.807, 2.05) is 13.0 Å². The van der Waals surface area contributed by atoms with Gasteiger partial charge in [0.1, 0.15) is 11.6 Å². The molecule has 2 rings (SSSR count). The summed E-state index contributed by atoms with van der Waals surface area (Å²) in [4.78, 5) is 0. The van der Waals surface area contributed by atoms with E-state index in [2.05, 4.69) is 0 Å². The molecule has 0 aliphatic carbocycles. The van der Waals surface area contributed by atoms with Gasteiger partial charge in [0.05, 0.1) is 12.3 Å². The van der Waals surface area contributed by atoms with Crippen LogP contribution >= 0.6 is 11.6 Å². The Balaban J connectivity index is 2.46. The number of furan rings is 1. The monoisotopic (exact) mass is 267 g/mol. The minimum absolute atomic E-state index is 0.321. The summed E-state index contributed by atoms with van der Waals surface area (Å²) in [5.41, 5.74) is 8.33. The van der Waals surface area contributed by atoms with Crippen molar-refractivity contribution < 1.29 is 8.81 Å². The van der Waals surface area contributed by atoms with E-state index in [4.69, 9.17) is 21.8 Å². The molecule has 0 saturated heterocycles. The summed E-state index contributed by atoms with van der Waals surface area (Å²) in [6, 6.07) is 4.43. The van der Waals surface area contributed by atoms with Crippen LogP contribution in [0.4, 0.5) is 4.39 Å². The van der Waals surface area contributed by atoms with E-state index in [1.165, 1.54) is 6.07 Å². The zero-order valence-corrected chi connectivity index (χ0v) is 11.1. The first kappa shape index (κ1) is 13.1. The first-order valence-corrected chi connectivity index (χ1v) is 6.19. The molecule has 1 aromatic carbocycles. The summed E-state index contributed by atoms with van der Waals surface area (Å²) in [7, 11) is 0. The molecule has 1 atom stereocenters. The van der Waals surface area contributed by atoms with E-state index < -0.39 is 6.04 Å². The van der Waals surface area contributed by atoms with Crippen molar-refractivity contribution in [2.45, 2.75) is 26.3 Å². The van der Waals surface area contributed by atoms with E-state index in [0.717, 1.165) is 17.7 Å². The Morgan fingerprint density at radius 3 is 2.78 bits per heavy atom. The summed E-state index contributed by atoms with van der Waals surface area (Å²) in [6.45, 7) is 3.69. The number of benzene rings is 1. The van der Waals surface area contributed by atoms with Gasteiger partial charge in [0.25, 0.3) is 0 Å². The third-order valence-corrected chi connectivity index (χ3v) is 3.38. The fourth-order valence-electron chi connectivity index (χ4n) is 2.00. The Bertz CT molecular complexity index is 565. The highest BCUT2D eigenvalue weighted by Gasteiger charge is 2.18. The summed E-state index contributed by atoms with van der Waals surface area (Å²) >= 11 is 6.06. The molecule has 1 aromatic heterocycles. The highest BCUT2D eigenvalue weighted by atomic mass is 35.5. The number of rotatable bonds is 3. The zero-order valence-electron chi connectivity index (χ0n) is 10.3. The molecule has 0 aliphatic heterocycles. The second-order valence-corrected chi connectivity index (χ2v) is 4.66. The van der Waals surface area contributed by atoms with Crippen molar-refractivity contribution in [3.63, 3.8) is 0 Å². The zero-order chi connectivity index (χ0) is 13.3. The van der Waals surface area contributed by atoms with Gasteiger partial charge >= 0.3 is 0 Å². The van der Waals surface area contributed by atoms with E-state index >= 15 is 0 Å². The first-order valence-electron chi connectivity index (χ1n) is 5.82. The van der Waals surface area contributed by atoms with Crippen LogP contribution in [-0.4, -0.2) is 0 Å². The molecular weight excluding hydrogens is 253 g/mol. The molecule has 4 heteroatoms. The topological polar surface area (TPSA) is 39.2 Å². The Morgan fingerprint density at radius 1 is 1.39 bits per heavy atom. The van der Waals surface area contributed by atoms with E-state index in [9.17, 15) is 4.39 Å². The molecule has 2 nitrogen and oxygen atoms in total. The van der Waals surface area contributed by atoms with E-state index in [-0.39, 0.29) is 5.82 Å². The van der Waals surface area contributed by atoms with Gasteiger partial charge in [-0.1, -0.05) is 18.5 Å². The maximum Gasteiger partial charge on any atom is 0.127 e. The molecule has 0 amide bonds. The minimum Gasteiger partial charge on any atom is -0.469 e. The molecular formula is C14H15ClFNO. The van der Waals surface area contributed by atoms with Crippen molar-refractivity contribution in [3.05, 3.63) is 57.8 Å². The second-order valence-electron chi connectivity index (χ2n) is 4.25. The molecule has 0 spiro atoms. The number of hydrogen-bond donors (Lipinski definition) is 1. The molecule has 2 aromatic rings. The third kappa shape index (κ3) is 2.28. The SMILES string of the molecule is CCc1occc1C(N)c1cc(C)c(F)cc1Cl. The van der Waals surface area contributed by atoms with Crippen LogP contribution in [0.2, 0.25) is 5.02 Å². The highest BCUT2D eigenvalue weighted by molar-refractivity contribution is 6.31. The number of hydrogen-bond acceptors (Lipinski definition) is 2. The number of halogens is 2. The van der Waals surface area contributed by atoms with Crippen molar-refractivity contribution in [1.82, 2.24) is 0 Å². The lowest BCUT2D eigenvalue weighted by Crippen LogP contribution is -2.13. The molecule has 2 N–H and O–H groups in total. The predicted octanol–water partition coefficient (Wildman–Crippen LogP) is 3.99. The molecule has 1 unspecified atom stereocenters. The van der Waals surface area contributed by atoms with Crippen LogP contribution in [0.5, 0.6) is 0 Å². The van der Waals surface area contributed by atoms with Crippen molar-refractivity contribution >= 4 is 11.6 Å². The van der Waals surface area contributed by atoms with E-state index in [1.54, 1.807) is 19.3 Å². The molecule has 1 heterocycles. The lowest BCUT2D eigenvalue weighted by atomic mass is 9.97. The summed E-state index contributed by atoms with van der Waals surface area (Å²) < 4.78 is 18.7. The molecule has 96 valence electrons. The first-order chi connectivity index (χ1) is 8.54. The smallest absolute Gasteiger partial charge is 0.127 e. The van der Waals surface area contributed by atoms with Gasteiger partial charge in [-0.2, -0.15) is 0 Å². The van der Waals surface area contributed by atoms with Crippen LogP contribution in [0.15, 0.2) is 28.9 Å². The standard InChI is InChI=1S/C14H15ClFNO/c1-3-13-9(4-5-18-13)14(17)10-6-8(2)12(16)7-11(10)15/h4-7,14H,3,17H2,1-2H3. The van der Waals surface area contributed by atoms with Crippen LogP contribution in [0.25, 0.3) is 0 Å². The van der Waals surface area contributed by atoms with Gasteiger partial charge in [0.2, 0.25) is 0 Å². The van der Waals surface area contributed by atoms with Crippen molar-refractivity contribution in [2.24, 2.45) is 5.73 Å². The highest BCUT2D eigenvalue weighted by Crippen LogP contribution is 2.31. The summed E-state index contributed by atoms with van der Waals surface area (Å²) in [5.74, 6) is 0.513. The van der Waals surface area contributed by atoms with Crippen LogP contribution in [0, 0.1) is 12.7 Å². The normalized spacial score (nSPS) is 12.7. The Morgan fingerprint density at radius 2 is 2.11 bits per heavy atom. The largest absolute Gasteiger partial charge is 0.469 e. The summed E-state index contributed by atoms with van der Waals surface area (Å²) in [5, 5.41) is 0.342. The molecule has 0 bridgehead atoms. The third-order valence-electron chi connectivity index (χ3n) is 3.05. The van der Waals surface area contributed by atoms with Gasteiger partial charge in [0, 0.05) is 17.0 Å². The number of nitrogens with two attached hydrogens (primary N) is 1. The van der Waals surface area contributed by atoms with Crippen molar-refractivity contribution in [3.8, 4) is 0 Å². The fourth-order valence-corrected chi connectivity index (χ4v) is 2.27. The minimum atomic E-state index is -0.398. The van der Waals surface area contributed by atoms with Gasteiger partial charge in [-0.3, -0.25) is 0 Å². The lowest BCUT2D eigenvalue weighted by molar-refractivity contribution is 0.509. The fraction of sp³-hybridized carbons (Fsp3) is 0.286. The van der Waals surface area contributed by atoms with Gasteiger partial charge in [-0.05, 0) is 36.2 Å². The maximum atomic E-state index is 13.4. The maximum absolute atomic E-state index is 13.4. The Labute approximate surface area is 111 Å². The van der Waals surface area contributed by atoms with Gasteiger partial charge < -0.3 is 10.2 Å². The van der Waals surface area contributed by atoms with Crippen molar-refractivity contribution in [1.29, 1.82) is 0 Å². The van der Waals surface area contributed by atoms with Crippen LogP contribution < -0.4 is 5.73 Å². The molecule has 0 saturated carbocycles. The Hall–Kier alpha value is -1.32. The van der Waals surface area contributed by atoms with Crippen LogP contribution in [0.3, 0.4) is 0 Å². The molecule has 0 aliphatic rings. The quantitative estimate of drug-likeness (QED) is 0.913. The predicted molar refractivity (Wildman–Crippen MR) is 70.3 cm³/mol. The van der Waals surface area contributed by atoms with Gasteiger partial charge in [-0.25, -0.2) is 4.39 Å². The second kappa shape index (κ2) is 5.12. The molecule has 18 heavy (non-hydrogen) atoms. The van der Waals surface area contributed by atoms with E-state index in [0.29, 0.717) is 16.1 Å². The average Bonchev–Trinajstić information content (AvgIpc) is 2.81. The van der Waals surface area contributed by atoms with Crippen LogP contribution in [0.1, 0.15) is 35.4 Å². The molecule has 0 fully saturated rings. The Kier molecular flexibility index (Phi) is 3.73. The summed E-state index contributed by atoms with van der Waals surface area (Å²) in [6.07, 6.45) is 2.37. The lowest BCUT2D eigenvalue weighted by Gasteiger charge is -2.15. The van der Waals surface area contributed by atoms with Gasteiger partial charge in [-0.15, -0.1) is 0 Å². The average molecular weight is 268 g/mol. The number of aryl methyl sites for hydroxylation is 2. The van der Waals surface area contributed by atoms with Gasteiger partial charge in [0.15, 0.2) is 0 Å². The van der Waals surface area contributed by atoms with Crippen LogP contribution in [-0.2, 0) is 6.42 Å². The van der Waals surface area contributed by atoms with Crippen molar-refractivity contribution in [2.75, 3.05) is 0 Å². The molecule has 0 radical (unpaired) electrons.